The van der Waals surface area contributed by atoms with Crippen molar-refractivity contribution in [2.24, 2.45) is 4.99 Å². The number of thioether (sulfide) groups is 1. The second-order valence-corrected chi connectivity index (χ2v) is 11.8. The van der Waals surface area contributed by atoms with E-state index in [1.807, 2.05) is 54.6 Å². The number of hydrogen-bond donors (Lipinski definition) is 0. The summed E-state index contributed by atoms with van der Waals surface area (Å²) in [6.07, 6.45) is 1.86. The lowest BCUT2D eigenvalue weighted by Gasteiger charge is -2.14. The van der Waals surface area contributed by atoms with Gasteiger partial charge in [0.1, 0.15) is 18.1 Å². The molecule has 6 nitrogen and oxygen atoms in total. The maximum absolute atomic E-state index is 13.3. The summed E-state index contributed by atoms with van der Waals surface area (Å²) >= 11 is 10.9. The first-order chi connectivity index (χ1) is 17.9. The smallest absolute Gasteiger partial charge is 0.266 e. The van der Waals surface area contributed by atoms with Crippen molar-refractivity contribution in [1.29, 1.82) is 0 Å². The van der Waals surface area contributed by atoms with E-state index in [0.29, 0.717) is 35.6 Å². The Balaban J connectivity index is 1.56. The van der Waals surface area contributed by atoms with Gasteiger partial charge in [0.15, 0.2) is 5.17 Å². The maximum Gasteiger partial charge on any atom is 0.266 e. The monoisotopic (exact) mass is 756 g/mol. The van der Waals surface area contributed by atoms with Crippen LogP contribution in [0.2, 0.25) is 0 Å². The van der Waals surface area contributed by atoms with E-state index in [-0.39, 0.29) is 5.91 Å². The number of rotatable bonds is 9. The zero-order chi connectivity index (χ0) is 26.4. The van der Waals surface area contributed by atoms with Gasteiger partial charge in [-0.05, 0) is 132 Å². The van der Waals surface area contributed by atoms with Gasteiger partial charge >= 0.3 is 0 Å². The van der Waals surface area contributed by atoms with Crippen molar-refractivity contribution in [2.75, 3.05) is 27.4 Å². The predicted molar refractivity (Wildman–Crippen MR) is 165 cm³/mol. The molecule has 0 N–H and O–H groups in total. The molecular weight excluding hydrogens is 735 g/mol. The van der Waals surface area contributed by atoms with Gasteiger partial charge in [0.05, 0.1) is 39.8 Å². The Kier molecular flexibility index (Phi) is 10.1. The van der Waals surface area contributed by atoms with Crippen LogP contribution in [-0.4, -0.2) is 43.3 Å². The number of aliphatic imine (C=N–C) groups is 1. The van der Waals surface area contributed by atoms with Crippen LogP contribution in [0, 0.1) is 3.57 Å². The second kappa shape index (κ2) is 13.3. The van der Waals surface area contributed by atoms with E-state index in [1.54, 1.807) is 19.1 Å². The number of amidine groups is 1. The molecule has 0 aromatic heterocycles. The minimum absolute atomic E-state index is 0.111. The maximum atomic E-state index is 13.3. The second-order valence-electron chi connectivity index (χ2n) is 7.88. The highest BCUT2D eigenvalue weighted by Crippen LogP contribution is 2.38. The van der Waals surface area contributed by atoms with Crippen LogP contribution in [0.5, 0.6) is 11.5 Å². The topological polar surface area (TPSA) is 60.4 Å². The number of halogens is 3. The summed E-state index contributed by atoms with van der Waals surface area (Å²) in [6, 6.07) is 19.5. The van der Waals surface area contributed by atoms with Crippen molar-refractivity contribution in [1.82, 2.24) is 4.90 Å². The molecule has 1 amide bonds. The number of ether oxygens (including phenoxy) is 3. The lowest BCUT2D eigenvalue weighted by atomic mass is 10.2. The van der Waals surface area contributed by atoms with Crippen molar-refractivity contribution in [3.63, 3.8) is 0 Å². The zero-order valence-electron chi connectivity index (χ0n) is 20.0. The Morgan fingerprint density at radius 1 is 1.03 bits per heavy atom. The van der Waals surface area contributed by atoms with E-state index in [1.165, 1.54) is 15.3 Å². The third-order valence-electron chi connectivity index (χ3n) is 5.32. The number of benzene rings is 3. The summed E-state index contributed by atoms with van der Waals surface area (Å²) in [6.45, 7) is 1.26. The average molecular weight is 758 g/mol. The standard InChI is InChI=1S/C27H23Br2IN2O4S/c1-34-12-11-32-26(33)24(37-27(32)31-20-7-9-21(35-2)10-8-20)15-18-13-22(28)25(23(29)14-18)36-16-17-3-5-19(30)6-4-17/h3-10,13-15H,11-12,16H2,1-2H3/b24-15-,31-27?. The molecular formula is C27H23Br2IN2O4S. The molecule has 1 heterocycles. The molecule has 0 unspecified atom stereocenters. The van der Waals surface area contributed by atoms with Gasteiger partial charge in [-0.2, -0.15) is 0 Å². The van der Waals surface area contributed by atoms with Crippen LogP contribution in [0.25, 0.3) is 6.08 Å². The van der Waals surface area contributed by atoms with Gasteiger partial charge in [-0.15, -0.1) is 0 Å². The molecule has 1 fully saturated rings. The minimum Gasteiger partial charge on any atom is -0.497 e. The molecule has 37 heavy (non-hydrogen) atoms. The van der Waals surface area contributed by atoms with Gasteiger partial charge in [-0.25, -0.2) is 4.99 Å². The highest BCUT2D eigenvalue weighted by atomic mass is 127. The van der Waals surface area contributed by atoms with E-state index in [4.69, 9.17) is 19.2 Å². The van der Waals surface area contributed by atoms with Gasteiger partial charge in [-0.1, -0.05) is 12.1 Å². The number of amides is 1. The van der Waals surface area contributed by atoms with Crippen LogP contribution in [0.3, 0.4) is 0 Å². The molecule has 1 aliphatic rings. The van der Waals surface area contributed by atoms with Crippen LogP contribution < -0.4 is 9.47 Å². The summed E-state index contributed by atoms with van der Waals surface area (Å²) < 4.78 is 19.3. The van der Waals surface area contributed by atoms with Gasteiger partial charge < -0.3 is 14.2 Å². The summed E-state index contributed by atoms with van der Waals surface area (Å²) in [5, 5.41) is 0.606. The summed E-state index contributed by atoms with van der Waals surface area (Å²) in [4.78, 5) is 20.2. The van der Waals surface area contributed by atoms with Crippen molar-refractivity contribution in [2.45, 2.75) is 6.61 Å². The zero-order valence-corrected chi connectivity index (χ0v) is 26.2. The highest BCUT2D eigenvalue weighted by Gasteiger charge is 2.33. The third kappa shape index (κ3) is 7.38. The Morgan fingerprint density at radius 3 is 2.32 bits per heavy atom. The molecule has 10 heteroatoms. The average Bonchev–Trinajstić information content (AvgIpc) is 3.17. The fraction of sp³-hybridized carbons (Fsp3) is 0.185. The molecule has 0 radical (unpaired) electrons. The van der Waals surface area contributed by atoms with E-state index in [0.717, 1.165) is 31.5 Å². The quantitative estimate of drug-likeness (QED) is 0.166. The largest absolute Gasteiger partial charge is 0.497 e. The lowest BCUT2D eigenvalue weighted by Crippen LogP contribution is -2.32. The van der Waals surface area contributed by atoms with Gasteiger partial charge in [0.2, 0.25) is 0 Å². The molecule has 1 aliphatic heterocycles. The van der Waals surface area contributed by atoms with Crippen molar-refractivity contribution in [3.8, 4) is 11.5 Å². The SMILES string of the molecule is COCCN1C(=O)/C(=C/c2cc(Br)c(OCc3ccc(I)cc3)c(Br)c2)SC1=Nc1ccc(OC)cc1. The molecule has 3 aromatic rings. The van der Waals surface area contributed by atoms with Crippen LogP contribution in [0.4, 0.5) is 5.69 Å². The molecule has 4 rings (SSSR count). The van der Waals surface area contributed by atoms with E-state index in [9.17, 15) is 4.79 Å². The first-order valence-corrected chi connectivity index (χ1v) is 14.7. The summed E-state index contributed by atoms with van der Waals surface area (Å²) in [7, 11) is 3.23. The van der Waals surface area contributed by atoms with Gasteiger partial charge in [0.25, 0.3) is 5.91 Å². The fourth-order valence-electron chi connectivity index (χ4n) is 3.43. The molecule has 1 saturated heterocycles. The molecule has 192 valence electrons. The van der Waals surface area contributed by atoms with Gasteiger partial charge in [0, 0.05) is 10.7 Å². The van der Waals surface area contributed by atoms with Gasteiger partial charge in [-0.3, -0.25) is 9.69 Å². The fourth-order valence-corrected chi connectivity index (χ4v) is 6.26. The van der Waals surface area contributed by atoms with E-state index < -0.39 is 0 Å². The Labute approximate surface area is 250 Å². The molecule has 0 bridgehead atoms. The predicted octanol–water partition coefficient (Wildman–Crippen LogP) is 7.65. The Bertz CT molecular complexity index is 1310. The lowest BCUT2D eigenvalue weighted by molar-refractivity contribution is -0.122. The molecule has 0 aliphatic carbocycles. The minimum atomic E-state index is -0.111. The molecule has 3 aromatic carbocycles. The Hall–Kier alpha value is -1.86. The van der Waals surface area contributed by atoms with Crippen molar-refractivity contribution < 1.29 is 19.0 Å². The summed E-state index contributed by atoms with van der Waals surface area (Å²) in [5.41, 5.74) is 2.67. The molecule has 0 spiro atoms. The van der Waals surface area contributed by atoms with Crippen molar-refractivity contribution in [3.05, 3.63) is 89.2 Å². The number of carbonyl (C=O) groups is 1. The summed E-state index contributed by atoms with van der Waals surface area (Å²) in [5.74, 6) is 1.34. The van der Waals surface area contributed by atoms with E-state index in [2.05, 4.69) is 66.6 Å². The first-order valence-electron chi connectivity index (χ1n) is 11.2. The number of nitrogens with zero attached hydrogens (tertiary/aromatic N) is 2. The first kappa shape index (κ1) is 28.2. The third-order valence-corrected chi connectivity index (χ3v) is 8.22. The van der Waals surface area contributed by atoms with Crippen molar-refractivity contribution >= 4 is 89.1 Å². The normalized spacial score (nSPS) is 15.6. The van der Waals surface area contributed by atoms with Crippen LogP contribution in [0.1, 0.15) is 11.1 Å². The number of hydrogen-bond acceptors (Lipinski definition) is 6. The number of methoxy groups -OCH3 is 2. The van der Waals surface area contributed by atoms with Crippen LogP contribution in [0.15, 0.2) is 79.5 Å². The van der Waals surface area contributed by atoms with Crippen LogP contribution in [-0.2, 0) is 16.1 Å². The Morgan fingerprint density at radius 2 is 1.70 bits per heavy atom. The molecule has 0 atom stereocenters. The van der Waals surface area contributed by atoms with Crippen LogP contribution >= 0.6 is 66.2 Å². The molecule has 0 saturated carbocycles. The highest BCUT2D eigenvalue weighted by molar-refractivity contribution is 14.1. The number of carbonyl (C=O) groups excluding carboxylic acids is 1. The van der Waals surface area contributed by atoms with E-state index >= 15 is 0 Å².